The Morgan fingerprint density at radius 1 is 1.21 bits per heavy atom. The summed E-state index contributed by atoms with van der Waals surface area (Å²) in [6.07, 6.45) is 3.31. The molecule has 4 aromatic rings. The van der Waals surface area contributed by atoms with Gasteiger partial charge in [0.15, 0.2) is 0 Å². The highest BCUT2D eigenvalue weighted by atomic mass is 32.1. The average Bonchev–Trinajstić information content (AvgIpc) is 3.55. The maximum atomic E-state index is 13.1. The number of benzene rings is 1. The first-order valence-corrected chi connectivity index (χ1v) is 10.2. The van der Waals surface area contributed by atoms with Crippen molar-refractivity contribution >= 4 is 17.2 Å². The standard InChI is InChI=1S/C19H17N7O2S/c27-19(13-4-1-6-15(10-13)26-12-20-23-24-26)25-8-2-5-14(11-25)17-21-22-18(28-17)16-7-3-9-29-16/h1,3-4,6-7,9-10,12,14H,2,5,8,11H2/t14-/m1/s1. The molecule has 0 bridgehead atoms. The molecular formula is C19H17N7O2S. The number of rotatable bonds is 4. The Bertz CT molecular complexity index is 1110. The van der Waals surface area contributed by atoms with Gasteiger partial charge in [-0.3, -0.25) is 4.79 Å². The molecule has 3 aromatic heterocycles. The molecule has 1 fully saturated rings. The van der Waals surface area contributed by atoms with Crippen molar-refractivity contribution in [3.05, 3.63) is 59.6 Å². The number of aromatic nitrogens is 6. The molecule has 0 N–H and O–H groups in total. The number of piperidine rings is 1. The highest BCUT2D eigenvalue weighted by molar-refractivity contribution is 7.13. The van der Waals surface area contributed by atoms with E-state index in [2.05, 4.69) is 25.7 Å². The number of carbonyl (C=O) groups excluding carboxylic acids is 1. The number of hydrogen-bond donors (Lipinski definition) is 0. The summed E-state index contributed by atoms with van der Waals surface area (Å²) >= 11 is 1.56. The van der Waals surface area contributed by atoms with Crippen LogP contribution in [0.3, 0.4) is 0 Å². The van der Waals surface area contributed by atoms with Crippen LogP contribution in [0.25, 0.3) is 16.5 Å². The number of hydrogen-bond acceptors (Lipinski definition) is 8. The van der Waals surface area contributed by atoms with Crippen molar-refractivity contribution in [2.24, 2.45) is 0 Å². The molecule has 0 saturated carbocycles. The first-order valence-electron chi connectivity index (χ1n) is 9.28. The Hall–Kier alpha value is -3.40. The van der Waals surface area contributed by atoms with Crippen LogP contribution in [0, 0.1) is 0 Å². The predicted molar refractivity (Wildman–Crippen MR) is 105 cm³/mol. The predicted octanol–water partition coefficient (Wildman–Crippen LogP) is 2.79. The van der Waals surface area contributed by atoms with Gasteiger partial charge in [-0.25, -0.2) is 4.68 Å². The molecule has 146 valence electrons. The molecule has 9 nitrogen and oxygen atoms in total. The summed E-state index contributed by atoms with van der Waals surface area (Å²) in [5.74, 6) is 1.14. The second-order valence-electron chi connectivity index (χ2n) is 6.82. The maximum absolute atomic E-state index is 13.1. The van der Waals surface area contributed by atoms with E-state index >= 15 is 0 Å². The molecule has 5 rings (SSSR count). The molecule has 1 aromatic carbocycles. The Morgan fingerprint density at radius 3 is 3.00 bits per heavy atom. The zero-order valence-electron chi connectivity index (χ0n) is 15.4. The second kappa shape index (κ2) is 7.55. The van der Waals surface area contributed by atoms with Crippen molar-refractivity contribution in [1.29, 1.82) is 0 Å². The number of thiophene rings is 1. The lowest BCUT2D eigenvalue weighted by molar-refractivity contribution is 0.0698. The Balaban J connectivity index is 1.33. The van der Waals surface area contributed by atoms with Gasteiger partial charge in [0.2, 0.25) is 5.89 Å². The minimum Gasteiger partial charge on any atom is -0.420 e. The molecule has 1 saturated heterocycles. The van der Waals surface area contributed by atoms with Crippen molar-refractivity contribution in [3.8, 4) is 16.5 Å². The summed E-state index contributed by atoms with van der Waals surface area (Å²) in [5, 5.41) is 21.5. The minimum absolute atomic E-state index is 0.0254. The lowest BCUT2D eigenvalue weighted by Crippen LogP contribution is -2.39. The number of carbonyl (C=O) groups is 1. The summed E-state index contributed by atoms with van der Waals surface area (Å²) in [5.41, 5.74) is 1.34. The highest BCUT2D eigenvalue weighted by Gasteiger charge is 2.29. The third-order valence-electron chi connectivity index (χ3n) is 4.94. The van der Waals surface area contributed by atoms with Gasteiger partial charge in [-0.05, 0) is 52.9 Å². The van der Waals surface area contributed by atoms with E-state index in [1.807, 2.05) is 34.5 Å². The number of amides is 1. The number of tetrazole rings is 1. The summed E-state index contributed by atoms with van der Waals surface area (Å²) in [6, 6.07) is 11.2. The summed E-state index contributed by atoms with van der Waals surface area (Å²) in [4.78, 5) is 15.9. The lowest BCUT2D eigenvalue weighted by Gasteiger charge is -2.31. The SMILES string of the molecule is O=C(c1cccc(-n2cnnn2)c1)N1CCC[C@@H](c2nnc(-c3cccs3)o2)C1. The van der Waals surface area contributed by atoms with Crippen LogP contribution in [-0.2, 0) is 0 Å². The molecule has 1 amide bonds. The van der Waals surface area contributed by atoms with E-state index in [0.717, 1.165) is 23.4 Å². The summed E-state index contributed by atoms with van der Waals surface area (Å²) in [7, 11) is 0. The van der Waals surface area contributed by atoms with Gasteiger partial charge in [-0.1, -0.05) is 12.1 Å². The van der Waals surface area contributed by atoms with Gasteiger partial charge in [-0.15, -0.1) is 26.6 Å². The topological polar surface area (TPSA) is 103 Å². The van der Waals surface area contributed by atoms with Crippen LogP contribution < -0.4 is 0 Å². The first-order chi connectivity index (χ1) is 14.3. The van der Waals surface area contributed by atoms with Crippen molar-refractivity contribution in [1.82, 2.24) is 35.3 Å². The number of likely N-dealkylation sites (tertiary alicyclic amines) is 1. The van der Waals surface area contributed by atoms with Crippen molar-refractivity contribution < 1.29 is 9.21 Å². The van der Waals surface area contributed by atoms with Gasteiger partial charge in [0.25, 0.3) is 11.8 Å². The molecule has 4 heterocycles. The molecule has 1 aliphatic rings. The monoisotopic (exact) mass is 407 g/mol. The Kier molecular flexibility index (Phi) is 4.60. The van der Waals surface area contributed by atoms with Crippen LogP contribution in [0.2, 0.25) is 0 Å². The fourth-order valence-electron chi connectivity index (χ4n) is 3.51. The molecule has 0 spiro atoms. The second-order valence-corrected chi connectivity index (χ2v) is 7.77. The van der Waals surface area contributed by atoms with Crippen molar-refractivity contribution in [2.75, 3.05) is 13.1 Å². The number of nitrogens with zero attached hydrogens (tertiary/aromatic N) is 7. The molecule has 1 atom stereocenters. The van der Waals surface area contributed by atoms with Crippen LogP contribution in [0.1, 0.15) is 35.0 Å². The van der Waals surface area contributed by atoms with Gasteiger partial charge in [0.05, 0.1) is 16.5 Å². The molecule has 0 radical (unpaired) electrons. The normalized spacial score (nSPS) is 16.8. The Morgan fingerprint density at radius 2 is 2.17 bits per heavy atom. The van der Waals surface area contributed by atoms with E-state index in [1.165, 1.54) is 11.0 Å². The van der Waals surface area contributed by atoms with Gasteiger partial charge >= 0.3 is 0 Å². The van der Waals surface area contributed by atoms with Crippen molar-refractivity contribution in [3.63, 3.8) is 0 Å². The fourth-order valence-corrected chi connectivity index (χ4v) is 4.15. The molecule has 1 aliphatic heterocycles. The van der Waals surface area contributed by atoms with E-state index in [9.17, 15) is 4.79 Å². The third-order valence-corrected chi connectivity index (χ3v) is 5.79. The zero-order valence-corrected chi connectivity index (χ0v) is 16.2. The van der Waals surface area contributed by atoms with Gasteiger partial charge in [-0.2, -0.15) is 0 Å². The molecule has 0 aliphatic carbocycles. The third kappa shape index (κ3) is 3.54. The van der Waals surface area contributed by atoms with Crippen LogP contribution in [0.4, 0.5) is 0 Å². The summed E-state index contributed by atoms with van der Waals surface area (Å²) < 4.78 is 7.42. The van der Waals surface area contributed by atoms with Crippen molar-refractivity contribution in [2.45, 2.75) is 18.8 Å². The lowest BCUT2D eigenvalue weighted by atomic mass is 9.97. The van der Waals surface area contributed by atoms with E-state index in [4.69, 9.17) is 4.42 Å². The average molecular weight is 407 g/mol. The van der Waals surface area contributed by atoms with E-state index in [0.29, 0.717) is 30.4 Å². The maximum Gasteiger partial charge on any atom is 0.257 e. The Labute approximate surface area is 170 Å². The summed E-state index contributed by atoms with van der Waals surface area (Å²) in [6.45, 7) is 1.26. The minimum atomic E-state index is -0.0254. The molecule has 0 unspecified atom stereocenters. The fraction of sp³-hybridized carbons (Fsp3) is 0.263. The van der Waals surface area contributed by atoms with Crippen LogP contribution in [0.5, 0.6) is 0 Å². The largest absolute Gasteiger partial charge is 0.420 e. The van der Waals surface area contributed by atoms with Gasteiger partial charge in [0.1, 0.15) is 6.33 Å². The zero-order chi connectivity index (χ0) is 19.6. The molecule has 10 heteroatoms. The van der Waals surface area contributed by atoms with E-state index in [1.54, 1.807) is 23.5 Å². The molecular weight excluding hydrogens is 390 g/mol. The first kappa shape index (κ1) is 17.7. The van der Waals surface area contributed by atoms with E-state index < -0.39 is 0 Å². The highest BCUT2D eigenvalue weighted by Crippen LogP contribution is 2.30. The van der Waals surface area contributed by atoms with Crippen LogP contribution in [-0.4, -0.2) is 54.3 Å². The van der Waals surface area contributed by atoms with Gasteiger partial charge in [0, 0.05) is 18.7 Å². The molecule has 29 heavy (non-hydrogen) atoms. The smallest absolute Gasteiger partial charge is 0.257 e. The van der Waals surface area contributed by atoms with Crippen LogP contribution >= 0.6 is 11.3 Å². The quantitative estimate of drug-likeness (QED) is 0.512. The van der Waals surface area contributed by atoms with E-state index in [-0.39, 0.29) is 11.8 Å². The van der Waals surface area contributed by atoms with Gasteiger partial charge < -0.3 is 9.32 Å². The van der Waals surface area contributed by atoms with Crippen LogP contribution in [0.15, 0.2) is 52.5 Å².